The van der Waals surface area contributed by atoms with E-state index in [4.69, 9.17) is 37.0 Å². The number of aliphatic hydroxyl groups excluding tert-OH is 1. The molecule has 0 saturated heterocycles. The first-order valence-electron chi connectivity index (χ1n) is 35.7. The van der Waals surface area contributed by atoms with Gasteiger partial charge in [-0.05, 0) is 69.1 Å². The van der Waals surface area contributed by atoms with Gasteiger partial charge in [0, 0.05) is 25.7 Å². The van der Waals surface area contributed by atoms with Crippen molar-refractivity contribution >= 4 is 39.5 Å². The first-order chi connectivity index (χ1) is 42.8. The van der Waals surface area contributed by atoms with Gasteiger partial charge in [0.25, 0.3) is 0 Å². The van der Waals surface area contributed by atoms with Crippen LogP contribution in [0.15, 0.2) is 24.3 Å². The number of carbonyl (C=O) groups is 4. The van der Waals surface area contributed by atoms with Crippen LogP contribution in [0.4, 0.5) is 0 Å². The molecule has 524 valence electrons. The third-order valence-corrected chi connectivity index (χ3v) is 17.8. The van der Waals surface area contributed by atoms with Crippen LogP contribution in [0.2, 0.25) is 0 Å². The number of carbonyl (C=O) groups excluding carboxylic acids is 4. The van der Waals surface area contributed by atoms with E-state index in [9.17, 15) is 43.2 Å². The molecule has 0 saturated carbocycles. The van der Waals surface area contributed by atoms with E-state index in [1.54, 1.807) is 0 Å². The number of rotatable bonds is 66. The second-order valence-corrected chi connectivity index (χ2v) is 28.7. The lowest BCUT2D eigenvalue weighted by Crippen LogP contribution is -2.30. The lowest BCUT2D eigenvalue weighted by molar-refractivity contribution is -0.161. The molecule has 0 bridgehead atoms. The summed E-state index contributed by atoms with van der Waals surface area (Å²) in [6.45, 7) is 11.7. The van der Waals surface area contributed by atoms with Crippen molar-refractivity contribution in [3.8, 4) is 0 Å². The predicted octanol–water partition coefficient (Wildman–Crippen LogP) is 19.4. The molecule has 0 fully saturated rings. The van der Waals surface area contributed by atoms with Crippen molar-refractivity contribution in [2.75, 3.05) is 39.6 Å². The van der Waals surface area contributed by atoms with E-state index in [1.165, 1.54) is 116 Å². The van der Waals surface area contributed by atoms with Crippen molar-refractivity contribution in [1.82, 2.24) is 0 Å². The fourth-order valence-corrected chi connectivity index (χ4v) is 11.5. The maximum absolute atomic E-state index is 13.0. The summed E-state index contributed by atoms with van der Waals surface area (Å²) in [6.07, 6.45) is 46.9. The van der Waals surface area contributed by atoms with Gasteiger partial charge in [-0.15, -0.1) is 0 Å². The standard InChI is InChI=1S/C70H132O17P2/c1-8-10-11-12-13-14-15-16-17-18-23-26-29-39-46-53-69(74)86-65(58-81-68(73)52-45-38-33-31-36-43-50-63(7)9-2)59-84-88(76,77)82-55-64(71)56-83-89(78,79)85-60-66(87-70(75)54-47-40-32-30-35-42-49-62(5)6)57-80-67(72)51-44-37-28-25-22-20-19-21-24-27-34-41-48-61(3)4/h14-17,61-66,71H,8-13,18-60H2,1-7H3,(H,76,77)(H,78,79)/b15-14-,17-16-/t63?,64-,65+,66+/m0/s1. The summed E-state index contributed by atoms with van der Waals surface area (Å²) < 4.78 is 68.2. The van der Waals surface area contributed by atoms with Crippen LogP contribution >= 0.6 is 15.6 Å². The van der Waals surface area contributed by atoms with Crippen molar-refractivity contribution in [2.45, 2.75) is 343 Å². The maximum atomic E-state index is 13.0. The highest BCUT2D eigenvalue weighted by Crippen LogP contribution is 2.45. The molecule has 17 nitrogen and oxygen atoms in total. The van der Waals surface area contributed by atoms with Gasteiger partial charge in [-0.25, -0.2) is 9.13 Å². The van der Waals surface area contributed by atoms with Crippen LogP contribution in [-0.4, -0.2) is 96.7 Å². The molecule has 89 heavy (non-hydrogen) atoms. The van der Waals surface area contributed by atoms with Crippen LogP contribution in [0.5, 0.6) is 0 Å². The second kappa shape index (κ2) is 60.5. The minimum Gasteiger partial charge on any atom is -0.462 e. The Morgan fingerprint density at radius 1 is 0.371 bits per heavy atom. The van der Waals surface area contributed by atoms with Crippen LogP contribution < -0.4 is 0 Å². The molecule has 0 heterocycles. The summed E-state index contributed by atoms with van der Waals surface area (Å²) in [4.78, 5) is 72.4. The largest absolute Gasteiger partial charge is 0.472 e. The molecule has 0 aliphatic carbocycles. The quantitative estimate of drug-likeness (QED) is 0.0169. The van der Waals surface area contributed by atoms with Gasteiger partial charge in [0.15, 0.2) is 12.2 Å². The predicted molar refractivity (Wildman–Crippen MR) is 358 cm³/mol. The lowest BCUT2D eigenvalue weighted by Gasteiger charge is -2.21. The number of esters is 4. The SMILES string of the molecule is CCCCCC/C=C\C=C/CCCCCCCC(=O)O[C@H](COC(=O)CCCCCCCCC(C)CC)COP(=O)(O)OC[C@H](O)COP(=O)(O)OC[C@@H](COC(=O)CCCCCCCCCCCCCCC(C)C)OC(=O)CCCCCCCCC(C)C. The Balaban J connectivity index is 5.25. The molecular weight excluding hydrogens is 1170 g/mol. The van der Waals surface area contributed by atoms with E-state index in [2.05, 4.69) is 72.8 Å². The molecule has 3 N–H and O–H groups in total. The number of hydrogen-bond acceptors (Lipinski definition) is 15. The zero-order valence-electron chi connectivity index (χ0n) is 57.4. The average Bonchev–Trinajstić information content (AvgIpc) is 3.50. The summed E-state index contributed by atoms with van der Waals surface area (Å²) in [5, 5.41) is 10.6. The molecular formula is C70H132O17P2. The van der Waals surface area contributed by atoms with Crippen molar-refractivity contribution in [1.29, 1.82) is 0 Å². The summed E-state index contributed by atoms with van der Waals surface area (Å²) >= 11 is 0. The molecule has 0 aromatic heterocycles. The van der Waals surface area contributed by atoms with E-state index in [0.717, 1.165) is 121 Å². The summed E-state index contributed by atoms with van der Waals surface area (Å²) in [6, 6.07) is 0. The Bertz CT molecular complexity index is 1840. The smallest absolute Gasteiger partial charge is 0.462 e. The molecule has 0 amide bonds. The van der Waals surface area contributed by atoms with Gasteiger partial charge in [0.05, 0.1) is 26.4 Å². The third kappa shape index (κ3) is 62.7. The monoisotopic (exact) mass is 1310 g/mol. The van der Waals surface area contributed by atoms with Crippen LogP contribution in [0.1, 0.15) is 325 Å². The molecule has 19 heteroatoms. The van der Waals surface area contributed by atoms with Crippen molar-refractivity contribution < 1.29 is 80.2 Å². The minimum atomic E-state index is -4.96. The van der Waals surface area contributed by atoms with Crippen molar-refractivity contribution in [3.05, 3.63) is 24.3 Å². The van der Waals surface area contributed by atoms with E-state index in [0.29, 0.717) is 31.6 Å². The normalized spacial score (nSPS) is 14.7. The molecule has 0 aliphatic rings. The van der Waals surface area contributed by atoms with Crippen LogP contribution in [-0.2, 0) is 65.4 Å². The zero-order valence-corrected chi connectivity index (χ0v) is 59.2. The first kappa shape index (κ1) is 86.5. The summed E-state index contributed by atoms with van der Waals surface area (Å²) in [5.41, 5.74) is 0. The highest BCUT2D eigenvalue weighted by atomic mass is 31.2. The van der Waals surface area contributed by atoms with Crippen LogP contribution in [0.25, 0.3) is 0 Å². The number of ether oxygens (including phenoxy) is 4. The Labute approximate surface area is 542 Å². The van der Waals surface area contributed by atoms with E-state index >= 15 is 0 Å². The fourth-order valence-electron chi connectivity index (χ4n) is 9.97. The minimum absolute atomic E-state index is 0.0835. The highest BCUT2D eigenvalue weighted by Gasteiger charge is 2.30. The molecule has 0 spiro atoms. The molecule has 3 unspecified atom stereocenters. The molecule has 6 atom stereocenters. The number of allylic oxidation sites excluding steroid dienone is 4. The molecule has 0 rings (SSSR count). The van der Waals surface area contributed by atoms with Crippen LogP contribution in [0, 0.1) is 17.8 Å². The Kier molecular flexibility index (Phi) is 58.8. The van der Waals surface area contributed by atoms with Crippen molar-refractivity contribution in [3.63, 3.8) is 0 Å². The number of phosphoric ester groups is 2. The highest BCUT2D eigenvalue weighted by molar-refractivity contribution is 7.47. The van der Waals surface area contributed by atoms with Gasteiger partial charge in [0.2, 0.25) is 0 Å². The second-order valence-electron chi connectivity index (χ2n) is 25.8. The van der Waals surface area contributed by atoms with Gasteiger partial charge in [-0.2, -0.15) is 0 Å². The fraction of sp³-hybridized carbons (Fsp3) is 0.886. The average molecular weight is 1310 g/mol. The Hall–Kier alpha value is -2.46. The zero-order chi connectivity index (χ0) is 65.9. The topological polar surface area (TPSA) is 237 Å². The molecule has 0 radical (unpaired) electrons. The number of unbranched alkanes of at least 4 members (excludes halogenated alkanes) is 30. The summed E-state index contributed by atoms with van der Waals surface area (Å²) in [5.74, 6) is 0.0125. The summed E-state index contributed by atoms with van der Waals surface area (Å²) in [7, 11) is -9.91. The Morgan fingerprint density at radius 3 is 1.00 bits per heavy atom. The van der Waals surface area contributed by atoms with Crippen LogP contribution in [0.3, 0.4) is 0 Å². The Morgan fingerprint density at radius 2 is 0.663 bits per heavy atom. The van der Waals surface area contributed by atoms with Gasteiger partial charge in [0.1, 0.15) is 19.3 Å². The lowest BCUT2D eigenvalue weighted by atomic mass is 10.00. The van der Waals surface area contributed by atoms with E-state index in [1.807, 2.05) is 0 Å². The number of hydrogen-bond donors (Lipinski definition) is 3. The molecule has 0 aromatic carbocycles. The van der Waals surface area contributed by atoms with Gasteiger partial charge < -0.3 is 33.8 Å². The number of phosphoric acid groups is 2. The van der Waals surface area contributed by atoms with Crippen molar-refractivity contribution in [2.24, 2.45) is 17.8 Å². The molecule has 0 aromatic rings. The molecule has 0 aliphatic heterocycles. The van der Waals surface area contributed by atoms with Gasteiger partial charge >= 0.3 is 39.5 Å². The first-order valence-corrected chi connectivity index (χ1v) is 38.7. The third-order valence-electron chi connectivity index (χ3n) is 15.9. The van der Waals surface area contributed by atoms with E-state index in [-0.39, 0.29) is 25.7 Å². The van der Waals surface area contributed by atoms with E-state index < -0.39 is 97.5 Å². The maximum Gasteiger partial charge on any atom is 0.472 e. The number of aliphatic hydroxyl groups is 1. The van der Waals surface area contributed by atoms with Gasteiger partial charge in [-0.3, -0.25) is 37.3 Å². The van der Waals surface area contributed by atoms with Gasteiger partial charge in [-0.1, -0.05) is 272 Å².